The Labute approximate surface area is 116 Å². The molecule has 0 radical (unpaired) electrons. The van der Waals surface area contributed by atoms with Crippen LogP contribution in [-0.2, 0) is 19.2 Å². The molecule has 0 saturated carbocycles. The van der Waals surface area contributed by atoms with Gasteiger partial charge in [0.25, 0.3) is 11.8 Å². The number of ketones is 2. The van der Waals surface area contributed by atoms with E-state index in [1.54, 1.807) is 13.8 Å². The first kappa shape index (κ1) is 15.6. The third-order valence-electron chi connectivity index (χ3n) is 2.55. The van der Waals surface area contributed by atoms with E-state index in [0.29, 0.717) is 11.4 Å². The molecule has 0 aromatic heterocycles. The number of benzene rings is 1. The second kappa shape index (κ2) is 7.18. The zero-order valence-corrected chi connectivity index (χ0v) is 11.4. The Morgan fingerprint density at radius 2 is 1.05 bits per heavy atom. The van der Waals surface area contributed by atoms with Crippen molar-refractivity contribution in [3.05, 3.63) is 24.3 Å². The van der Waals surface area contributed by atoms with Crippen molar-refractivity contribution in [2.75, 3.05) is 10.6 Å². The third kappa shape index (κ3) is 4.31. The summed E-state index contributed by atoms with van der Waals surface area (Å²) in [4.78, 5) is 45.0. The van der Waals surface area contributed by atoms with Gasteiger partial charge in [-0.25, -0.2) is 0 Å². The van der Waals surface area contributed by atoms with Gasteiger partial charge in [0, 0.05) is 24.2 Å². The summed E-state index contributed by atoms with van der Waals surface area (Å²) in [6, 6.07) is 6.14. The van der Waals surface area contributed by atoms with E-state index in [1.807, 2.05) is 0 Å². The number of rotatable bonds is 6. The van der Waals surface area contributed by atoms with Gasteiger partial charge in [-0.2, -0.15) is 0 Å². The van der Waals surface area contributed by atoms with Gasteiger partial charge >= 0.3 is 0 Å². The molecule has 0 spiro atoms. The van der Waals surface area contributed by atoms with E-state index in [1.165, 1.54) is 24.3 Å². The lowest BCUT2D eigenvalue weighted by Gasteiger charge is -2.06. The van der Waals surface area contributed by atoms with E-state index in [9.17, 15) is 19.2 Å². The van der Waals surface area contributed by atoms with Crippen LogP contribution in [-0.4, -0.2) is 23.4 Å². The summed E-state index contributed by atoms with van der Waals surface area (Å²) in [5.74, 6) is -2.36. The summed E-state index contributed by atoms with van der Waals surface area (Å²) >= 11 is 0. The molecule has 2 N–H and O–H groups in total. The van der Waals surface area contributed by atoms with Crippen molar-refractivity contribution in [3.63, 3.8) is 0 Å². The first-order chi connectivity index (χ1) is 9.47. The van der Waals surface area contributed by atoms with Crippen molar-refractivity contribution in [1.29, 1.82) is 0 Å². The van der Waals surface area contributed by atoms with Crippen LogP contribution in [0.3, 0.4) is 0 Å². The van der Waals surface area contributed by atoms with Crippen molar-refractivity contribution in [2.45, 2.75) is 26.7 Å². The summed E-state index contributed by atoms with van der Waals surface area (Å²) in [6.45, 7) is 3.20. The Hall–Kier alpha value is -2.50. The smallest absolute Gasteiger partial charge is 0.291 e. The molecule has 1 aromatic carbocycles. The average molecular weight is 276 g/mol. The molecule has 0 saturated heterocycles. The standard InChI is InChI=1S/C14H16N2O4/c1-3-11(17)13(19)15-9-5-7-10(8-6-9)16-14(20)12(18)4-2/h5-8H,3-4H2,1-2H3,(H,15,19)(H,16,20). The maximum absolute atomic E-state index is 11.4. The SMILES string of the molecule is CCC(=O)C(=O)Nc1ccc(NC(=O)C(=O)CC)cc1. The number of Topliss-reactive ketones (excluding diaryl/α,β-unsaturated/α-hetero) is 2. The largest absolute Gasteiger partial charge is 0.319 e. The second-order valence-corrected chi connectivity index (χ2v) is 4.04. The van der Waals surface area contributed by atoms with Crippen LogP contribution in [0.1, 0.15) is 26.7 Å². The Kier molecular flexibility index (Phi) is 5.58. The zero-order valence-electron chi connectivity index (χ0n) is 11.4. The molecule has 6 heteroatoms. The van der Waals surface area contributed by atoms with Crippen LogP contribution in [0.2, 0.25) is 0 Å². The van der Waals surface area contributed by atoms with Crippen LogP contribution >= 0.6 is 0 Å². The van der Waals surface area contributed by atoms with Gasteiger partial charge in [0.05, 0.1) is 0 Å². The molecule has 0 fully saturated rings. The highest BCUT2D eigenvalue weighted by Gasteiger charge is 2.12. The van der Waals surface area contributed by atoms with Crippen LogP contribution in [0.25, 0.3) is 0 Å². The lowest BCUT2D eigenvalue weighted by molar-refractivity contribution is -0.134. The molecule has 1 aromatic rings. The maximum atomic E-state index is 11.4. The van der Waals surface area contributed by atoms with E-state index in [2.05, 4.69) is 10.6 Å². The van der Waals surface area contributed by atoms with Crippen molar-refractivity contribution in [3.8, 4) is 0 Å². The van der Waals surface area contributed by atoms with Crippen LogP contribution < -0.4 is 10.6 Å². The molecule has 0 atom stereocenters. The van der Waals surface area contributed by atoms with Crippen LogP contribution in [0.5, 0.6) is 0 Å². The van der Waals surface area contributed by atoms with Gasteiger partial charge in [0.2, 0.25) is 11.6 Å². The Balaban J connectivity index is 2.65. The number of amides is 2. The fraction of sp³-hybridized carbons (Fsp3) is 0.286. The number of anilines is 2. The first-order valence-corrected chi connectivity index (χ1v) is 6.26. The molecular weight excluding hydrogens is 260 g/mol. The normalized spacial score (nSPS) is 9.70. The quantitative estimate of drug-likeness (QED) is 0.770. The van der Waals surface area contributed by atoms with E-state index in [-0.39, 0.29) is 12.8 Å². The van der Waals surface area contributed by atoms with Crippen LogP contribution in [0, 0.1) is 0 Å². The summed E-state index contributed by atoms with van der Waals surface area (Å²) in [6.07, 6.45) is 0.276. The van der Waals surface area contributed by atoms with Gasteiger partial charge in [-0.1, -0.05) is 13.8 Å². The Morgan fingerprint density at radius 3 is 1.30 bits per heavy atom. The van der Waals surface area contributed by atoms with Crippen molar-refractivity contribution < 1.29 is 19.2 Å². The number of nitrogens with one attached hydrogen (secondary N) is 2. The Bertz CT molecular complexity index is 486. The van der Waals surface area contributed by atoms with Crippen LogP contribution in [0.4, 0.5) is 11.4 Å². The molecule has 20 heavy (non-hydrogen) atoms. The Morgan fingerprint density at radius 1 is 0.750 bits per heavy atom. The summed E-state index contributed by atoms with van der Waals surface area (Å²) in [5, 5.41) is 4.88. The molecule has 1 rings (SSSR count). The van der Waals surface area contributed by atoms with Crippen molar-refractivity contribution >= 4 is 34.8 Å². The van der Waals surface area contributed by atoms with Gasteiger partial charge in [0.15, 0.2) is 0 Å². The molecule has 0 heterocycles. The number of hydrogen-bond donors (Lipinski definition) is 2. The van der Waals surface area contributed by atoms with Gasteiger partial charge in [0.1, 0.15) is 0 Å². The fourth-order valence-electron chi connectivity index (χ4n) is 1.36. The molecule has 106 valence electrons. The summed E-state index contributed by atoms with van der Waals surface area (Å²) < 4.78 is 0. The lowest BCUT2D eigenvalue weighted by atomic mass is 10.2. The number of hydrogen-bond acceptors (Lipinski definition) is 4. The van der Waals surface area contributed by atoms with E-state index in [0.717, 1.165) is 0 Å². The van der Waals surface area contributed by atoms with Crippen molar-refractivity contribution in [2.24, 2.45) is 0 Å². The lowest BCUT2D eigenvalue weighted by Crippen LogP contribution is -2.22. The minimum Gasteiger partial charge on any atom is -0.319 e. The monoisotopic (exact) mass is 276 g/mol. The first-order valence-electron chi connectivity index (χ1n) is 6.26. The number of carbonyl (C=O) groups is 4. The summed E-state index contributed by atoms with van der Waals surface area (Å²) in [5.41, 5.74) is 0.883. The van der Waals surface area contributed by atoms with Crippen molar-refractivity contribution in [1.82, 2.24) is 0 Å². The van der Waals surface area contributed by atoms with E-state index >= 15 is 0 Å². The fourth-order valence-corrected chi connectivity index (χ4v) is 1.36. The highest BCUT2D eigenvalue weighted by Crippen LogP contribution is 2.13. The molecule has 2 amide bonds. The summed E-state index contributed by atoms with van der Waals surface area (Å²) in [7, 11) is 0. The molecule has 6 nitrogen and oxygen atoms in total. The average Bonchev–Trinajstić information content (AvgIpc) is 2.47. The minimum atomic E-state index is -0.676. The molecular formula is C14H16N2O4. The topological polar surface area (TPSA) is 92.3 Å². The maximum Gasteiger partial charge on any atom is 0.291 e. The highest BCUT2D eigenvalue weighted by molar-refractivity contribution is 6.41. The van der Waals surface area contributed by atoms with Crippen LogP contribution in [0.15, 0.2) is 24.3 Å². The molecule has 0 unspecified atom stereocenters. The number of carbonyl (C=O) groups excluding carboxylic acids is 4. The zero-order chi connectivity index (χ0) is 15.1. The molecule has 0 bridgehead atoms. The third-order valence-corrected chi connectivity index (χ3v) is 2.55. The predicted molar refractivity (Wildman–Crippen MR) is 74.3 cm³/mol. The van der Waals surface area contributed by atoms with Gasteiger partial charge < -0.3 is 10.6 Å². The highest BCUT2D eigenvalue weighted by atomic mass is 16.2. The minimum absolute atomic E-state index is 0.138. The molecule has 0 aliphatic rings. The molecule has 0 aliphatic carbocycles. The van der Waals surface area contributed by atoms with Gasteiger partial charge in [-0.15, -0.1) is 0 Å². The van der Waals surface area contributed by atoms with E-state index in [4.69, 9.17) is 0 Å². The van der Waals surface area contributed by atoms with Gasteiger partial charge in [-0.3, -0.25) is 19.2 Å². The van der Waals surface area contributed by atoms with Gasteiger partial charge in [-0.05, 0) is 24.3 Å². The van der Waals surface area contributed by atoms with E-state index < -0.39 is 23.4 Å². The molecule has 0 aliphatic heterocycles. The second-order valence-electron chi connectivity index (χ2n) is 4.04. The predicted octanol–water partition coefficient (Wildman–Crippen LogP) is 1.52.